The Morgan fingerprint density at radius 1 is 1.16 bits per heavy atom. The molecule has 0 spiro atoms. The fourth-order valence-electron chi connectivity index (χ4n) is 2.48. The number of likely N-dealkylation sites (N-methyl/N-ethyl adjacent to an activating group) is 1. The summed E-state index contributed by atoms with van der Waals surface area (Å²) in [6.45, 7) is 9.87. The number of benzene rings is 1. The molecule has 2 rings (SSSR count). The highest BCUT2D eigenvalue weighted by molar-refractivity contribution is 5.50. The first-order valence-corrected chi connectivity index (χ1v) is 6.80. The zero-order valence-corrected chi connectivity index (χ0v) is 12.3. The van der Waals surface area contributed by atoms with Gasteiger partial charge in [0.15, 0.2) is 11.5 Å². The second kappa shape index (κ2) is 5.80. The highest BCUT2D eigenvalue weighted by atomic mass is 16.7. The van der Waals surface area contributed by atoms with Gasteiger partial charge >= 0.3 is 0 Å². The second-order valence-corrected chi connectivity index (χ2v) is 5.68. The van der Waals surface area contributed by atoms with E-state index >= 15 is 0 Å². The quantitative estimate of drug-likeness (QED) is 0.769. The van der Waals surface area contributed by atoms with Crippen molar-refractivity contribution in [1.82, 2.24) is 10.6 Å². The number of hydrogen-bond donors (Lipinski definition) is 2. The summed E-state index contributed by atoms with van der Waals surface area (Å²) in [5.41, 5.74) is 2.64. The molecule has 0 aliphatic carbocycles. The highest BCUT2D eigenvalue weighted by Crippen LogP contribution is 2.38. The largest absolute Gasteiger partial charge is 0.454 e. The van der Waals surface area contributed by atoms with Gasteiger partial charge in [0, 0.05) is 25.0 Å². The van der Waals surface area contributed by atoms with Crippen molar-refractivity contribution in [3.63, 3.8) is 0 Å². The fourth-order valence-corrected chi connectivity index (χ4v) is 2.48. The topological polar surface area (TPSA) is 42.5 Å². The van der Waals surface area contributed by atoms with E-state index in [2.05, 4.69) is 43.5 Å². The summed E-state index contributed by atoms with van der Waals surface area (Å²) in [5.74, 6) is 1.73. The minimum Gasteiger partial charge on any atom is -0.454 e. The van der Waals surface area contributed by atoms with E-state index in [1.54, 1.807) is 0 Å². The molecule has 0 saturated heterocycles. The molecule has 0 bridgehead atoms. The summed E-state index contributed by atoms with van der Waals surface area (Å²) >= 11 is 0. The molecule has 106 valence electrons. The van der Waals surface area contributed by atoms with Crippen molar-refractivity contribution in [2.24, 2.45) is 0 Å². The number of aryl methyl sites for hydroxylation is 1. The summed E-state index contributed by atoms with van der Waals surface area (Å²) < 4.78 is 10.9. The Balaban J connectivity index is 2.11. The Bertz CT molecular complexity index is 444. The molecule has 19 heavy (non-hydrogen) atoms. The van der Waals surface area contributed by atoms with Crippen molar-refractivity contribution >= 4 is 0 Å². The van der Waals surface area contributed by atoms with Gasteiger partial charge in [0.1, 0.15) is 0 Å². The molecular weight excluding hydrogens is 240 g/mol. The SMILES string of the molecule is CNCCNCC(C)(C)c1cc2c(cc1C)OCO2. The van der Waals surface area contributed by atoms with Gasteiger partial charge in [-0.2, -0.15) is 0 Å². The Labute approximate surface area is 115 Å². The predicted molar refractivity (Wildman–Crippen MR) is 77.1 cm³/mol. The molecule has 1 aliphatic rings. The van der Waals surface area contributed by atoms with Crippen molar-refractivity contribution < 1.29 is 9.47 Å². The van der Waals surface area contributed by atoms with E-state index in [4.69, 9.17) is 9.47 Å². The number of fused-ring (bicyclic) bond motifs is 1. The van der Waals surface area contributed by atoms with Crippen LogP contribution in [0.5, 0.6) is 11.5 Å². The van der Waals surface area contributed by atoms with E-state index in [-0.39, 0.29) is 5.41 Å². The lowest BCUT2D eigenvalue weighted by Gasteiger charge is -2.28. The number of ether oxygens (including phenoxy) is 2. The van der Waals surface area contributed by atoms with Crippen molar-refractivity contribution in [2.75, 3.05) is 33.5 Å². The second-order valence-electron chi connectivity index (χ2n) is 5.68. The van der Waals surface area contributed by atoms with Gasteiger partial charge in [-0.1, -0.05) is 13.8 Å². The molecule has 1 aromatic rings. The van der Waals surface area contributed by atoms with Gasteiger partial charge in [0.2, 0.25) is 6.79 Å². The molecule has 4 nitrogen and oxygen atoms in total. The van der Waals surface area contributed by atoms with Crippen LogP contribution in [-0.4, -0.2) is 33.5 Å². The first kappa shape index (κ1) is 14.2. The van der Waals surface area contributed by atoms with Crippen LogP contribution in [0.3, 0.4) is 0 Å². The van der Waals surface area contributed by atoms with E-state index in [1.165, 1.54) is 11.1 Å². The lowest BCUT2D eigenvalue weighted by atomic mass is 9.81. The summed E-state index contributed by atoms with van der Waals surface area (Å²) in [7, 11) is 1.97. The predicted octanol–water partition coefficient (Wildman–Crippen LogP) is 1.81. The standard InChI is InChI=1S/C15H24N2O2/c1-11-7-13-14(19-10-18-13)8-12(11)15(2,3)9-17-6-5-16-4/h7-8,16-17H,5-6,9-10H2,1-4H3. The molecule has 1 aliphatic heterocycles. The third-order valence-corrected chi connectivity index (χ3v) is 3.57. The van der Waals surface area contributed by atoms with Crippen molar-refractivity contribution in [1.29, 1.82) is 0 Å². The third-order valence-electron chi connectivity index (χ3n) is 3.57. The van der Waals surface area contributed by atoms with Gasteiger partial charge < -0.3 is 20.1 Å². The van der Waals surface area contributed by atoms with Crippen LogP contribution in [-0.2, 0) is 5.41 Å². The molecule has 2 N–H and O–H groups in total. The number of hydrogen-bond acceptors (Lipinski definition) is 4. The van der Waals surface area contributed by atoms with E-state index in [1.807, 2.05) is 7.05 Å². The van der Waals surface area contributed by atoms with Crippen LogP contribution in [0.4, 0.5) is 0 Å². The van der Waals surface area contributed by atoms with E-state index < -0.39 is 0 Å². The molecule has 4 heteroatoms. The van der Waals surface area contributed by atoms with Gasteiger partial charge in [0.25, 0.3) is 0 Å². The molecule has 1 heterocycles. The van der Waals surface area contributed by atoms with Crippen LogP contribution >= 0.6 is 0 Å². The summed E-state index contributed by atoms with van der Waals surface area (Å²) in [6.07, 6.45) is 0. The van der Waals surface area contributed by atoms with Crippen LogP contribution in [0.1, 0.15) is 25.0 Å². The normalized spacial score (nSPS) is 13.9. The lowest BCUT2D eigenvalue weighted by molar-refractivity contribution is 0.174. The minimum absolute atomic E-state index is 0.0683. The smallest absolute Gasteiger partial charge is 0.231 e. The molecule has 0 fully saturated rings. The van der Waals surface area contributed by atoms with Gasteiger partial charge in [-0.25, -0.2) is 0 Å². The fraction of sp³-hybridized carbons (Fsp3) is 0.600. The Kier molecular flexibility index (Phi) is 4.32. The van der Waals surface area contributed by atoms with E-state index in [0.717, 1.165) is 31.1 Å². The molecule has 0 amide bonds. The average molecular weight is 264 g/mol. The molecule has 0 radical (unpaired) electrons. The van der Waals surface area contributed by atoms with E-state index in [0.29, 0.717) is 6.79 Å². The maximum atomic E-state index is 5.48. The Hall–Kier alpha value is -1.26. The first-order chi connectivity index (χ1) is 9.04. The molecular formula is C15H24N2O2. The van der Waals surface area contributed by atoms with Gasteiger partial charge in [-0.15, -0.1) is 0 Å². The van der Waals surface area contributed by atoms with Crippen LogP contribution in [0.15, 0.2) is 12.1 Å². The molecule has 0 saturated carbocycles. The maximum Gasteiger partial charge on any atom is 0.231 e. The van der Waals surface area contributed by atoms with E-state index in [9.17, 15) is 0 Å². The third kappa shape index (κ3) is 3.19. The van der Waals surface area contributed by atoms with Gasteiger partial charge in [0.05, 0.1) is 0 Å². The average Bonchev–Trinajstić information content (AvgIpc) is 2.80. The monoisotopic (exact) mass is 264 g/mol. The summed E-state index contributed by atoms with van der Waals surface area (Å²) in [5, 5.41) is 6.63. The van der Waals surface area contributed by atoms with Crippen molar-refractivity contribution in [2.45, 2.75) is 26.2 Å². The number of nitrogens with one attached hydrogen (secondary N) is 2. The van der Waals surface area contributed by atoms with Gasteiger partial charge in [-0.3, -0.25) is 0 Å². The summed E-state index contributed by atoms with van der Waals surface area (Å²) in [6, 6.07) is 4.20. The van der Waals surface area contributed by atoms with Crippen LogP contribution in [0, 0.1) is 6.92 Å². The molecule has 0 unspecified atom stereocenters. The Morgan fingerprint density at radius 2 is 1.84 bits per heavy atom. The lowest BCUT2D eigenvalue weighted by Crippen LogP contribution is -2.36. The maximum absolute atomic E-state index is 5.48. The summed E-state index contributed by atoms with van der Waals surface area (Å²) in [4.78, 5) is 0. The zero-order chi connectivity index (χ0) is 13.9. The van der Waals surface area contributed by atoms with Gasteiger partial charge in [-0.05, 0) is 37.2 Å². The van der Waals surface area contributed by atoms with Crippen molar-refractivity contribution in [3.05, 3.63) is 23.3 Å². The van der Waals surface area contributed by atoms with Crippen LogP contribution in [0.25, 0.3) is 0 Å². The number of rotatable bonds is 6. The molecule has 0 aromatic heterocycles. The first-order valence-electron chi connectivity index (χ1n) is 6.80. The van der Waals surface area contributed by atoms with Crippen molar-refractivity contribution in [3.8, 4) is 11.5 Å². The van der Waals surface area contributed by atoms with Crippen LogP contribution < -0.4 is 20.1 Å². The molecule has 0 atom stereocenters. The zero-order valence-electron chi connectivity index (χ0n) is 12.3. The molecule has 1 aromatic carbocycles. The minimum atomic E-state index is 0.0683. The van der Waals surface area contributed by atoms with Crippen LogP contribution in [0.2, 0.25) is 0 Å². The highest BCUT2D eigenvalue weighted by Gasteiger charge is 2.25. The Morgan fingerprint density at radius 3 is 2.53 bits per heavy atom.